The highest BCUT2D eigenvalue weighted by Gasteiger charge is 2.32. The van der Waals surface area contributed by atoms with Crippen molar-refractivity contribution in [3.05, 3.63) is 60.2 Å². The van der Waals surface area contributed by atoms with Gasteiger partial charge in [-0.05, 0) is 62.9 Å². The van der Waals surface area contributed by atoms with E-state index in [9.17, 15) is 13.2 Å². The number of rotatable bonds is 11. The quantitative estimate of drug-likeness (QED) is 0.586. The molecule has 2 rings (SSSR count). The summed E-state index contributed by atoms with van der Waals surface area (Å²) in [5.74, 6) is 0.360. The Kier molecular flexibility index (Phi) is 8.72. The van der Waals surface area contributed by atoms with E-state index in [4.69, 9.17) is 4.74 Å². The Morgan fingerprint density at radius 3 is 2.23 bits per heavy atom. The van der Waals surface area contributed by atoms with Gasteiger partial charge in [-0.1, -0.05) is 37.3 Å². The lowest BCUT2D eigenvalue weighted by Crippen LogP contribution is -2.51. The van der Waals surface area contributed by atoms with E-state index in [1.165, 1.54) is 9.87 Å². The van der Waals surface area contributed by atoms with Crippen LogP contribution in [-0.2, 0) is 21.2 Å². The maximum atomic E-state index is 13.0. The molecule has 0 bridgehead atoms. The lowest BCUT2D eigenvalue weighted by atomic mass is 10.1. The molecule has 1 amide bonds. The molecule has 0 heterocycles. The first kappa shape index (κ1) is 23.7. The molecule has 7 heteroatoms. The minimum atomic E-state index is -3.66. The Balaban J connectivity index is 2.12. The largest absolute Gasteiger partial charge is 0.494 e. The summed E-state index contributed by atoms with van der Waals surface area (Å²) in [5, 5.41) is 2.99. The molecule has 0 spiro atoms. The number of nitrogens with zero attached hydrogens (tertiary/aromatic N) is 1. The molecule has 0 saturated carbocycles. The molecule has 0 aliphatic rings. The number of sulfonamides is 1. The maximum absolute atomic E-state index is 13.0. The second kappa shape index (κ2) is 11.0. The molecule has 6 nitrogen and oxygen atoms in total. The van der Waals surface area contributed by atoms with E-state index in [-0.39, 0.29) is 11.9 Å². The van der Waals surface area contributed by atoms with Crippen molar-refractivity contribution in [1.82, 2.24) is 5.32 Å². The number of benzene rings is 2. The molecule has 2 atom stereocenters. The molecule has 0 radical (unpaired) electrons. The first-order valence-corrected chi connectivity index (χ1v) is 12.2. The van der Waals surface area contributed by atoms with Crippen molar-refractivity contribution in [2.24, 2.45) is 0 Å². The van der Waals surface area contributed by atoms with Gasteiger partial charge < -0.3 is 10.1 Å². The number of nitrogens with one attached hydrogen (secondary N) is 1. The van der Waals surface area contributed by atoms with Gasteiger partial charge in [0, 0.05) is 6.04 Å². The Labute approximate surface area is 180 Å². The first-order chi connectivity index (χ1) is 14.3. The lowest BCUT2D eigenvalue weighted by Gasteiger charge is -2.31. The maximum Gasteiger partial charge on any atom is 0.244 e. The van der Waals surface area contributed by atoms with Gasteiger partial charge in [0.15, 0.2) is 0 Å². The SMILES string of the molecule is CCOc1ccc(N(C(CC)C(=O)NC(C)CCc2ccccc2)S(C)(=O)=O)cc1. The summed E-state index contributed by atoms with van der Waals surface area (Å²) in [5.41, 5.74) is 1.65. The van der Waals surface area contributed by atoms with Crippen molar-refractivity contribution in [3.8, 4) is 5.75 Å². The smallest absolute Gasteiger partial charge is 0.244 e. The number of aryl methyl sites for hydroxylation is 1. The minimum Gasteiger partial charge on any atom is -0.494 e. The lowest BCUT2D eigenvalue weighted by molar-refractivity contribution is -0.122. The van der Waals surface area contributed by atoms with E-state index in [0.717, 1.165) is 19.1 Å². The molecular formula is C23H32N2O4S. The molecule has 0 saturated heterocycles. The number of ether oxygens (including phenoxy) is 1. The van der Waals surface area contributed by atoms with Gasteiger partial charge in [-0.2, -0.15) is 0 Å². The Bertz CT molecular complexity index is 899. The standard InChI is InChI=1S/C23H32N2O4S/c1-5-22(23(26)24-18(3)12-13-19-10-8-7-9-11-19)25(30(4,27)28)20-14-16-21(17-15-20)29-6-2/h7-11,14-18,22H,5-6,12-13H2,1-4H3,(H,24,26). The van der Waals surface area contributed by atoms with Crippen LogP contribution >= 0.6 is 0 Å². The molecule has 164 valence electrons. The van der Waals surface area contributed by atoms with Gasteiger partial charge in [0.25, 0.3) is 0 Å². The number of anilines is 1. The van der Waals surface area contributed by atoms with Gasteiger partial charge in [-0.15, -0.1) is 0 Å². The highest BCUT2D eigenvalue weighted by Crippen LogP contribution is 2.25. The zero-order chi connectivity index (χ0) is 22.1. The molecule has 1 N–H and O–H groups in total. The van der Waals surface area contributed by atoms with Crippen molar-refractivity contribution in [1.29, 1.82) is 0 Å². The first-order valence-electron chi connectivity index (χ1n) is 10.3. The van der Waals surface area contributed by atoms with Gasteiger partial charge in [0.1, 0.15) is 11.8 Å². The van der Waals surface area contributed by atoms with Gasteiger partial charge in [-0.25, -0.2) is 8.42 Å². The molecule has 2 aromatic carbocycles. The van der Waals surface area contributed by atoms with Gasteiger partial charge >= 0.3 is 0 Å². The van der Waals surface area contributed by atoms with E-state index in [2.05, 4.69) is 17.4 Å². The molecule has 0 fully saturated rings. The topological polar surface area (TPSA) is 75.7 Å². The summed E-state index contributed by atoms with van der Waals surface area (Å²) in [6, 6.07) is 15.9. The number of hydrogen-bond donors (Lipinski definition) is 1. The predicted octanol–water partition coefficient (Wildman–Crippen LogP) is 3.77. The van der Waals surface area contributed by atoms with Crippen molar-refractivity contribution >= 4 is 21.6 Å². The molecule has 2 unspecified atom stereocenters. The summed E-state index contributed by atoms with van der Waals surface area (Å²) in [7, 11) is -3.66. The van der Waals surface area contributed by atoms with Crippen molar-refractivity contribution < 1.29 is 17.9 Å². The van der Waals surface area contributed by atoms with Crippen LogP contribution in [0.5, 0.6) is 5.75 Å². The Morgan fingerprint density at radius 2 is 1.70 bits per heavy atom. The highest BCUT2D eigenvalue weighted by atomic mass is 32.2. The van der Waals surface area contributed by atoms with Crippen LogP contribution in [0.3, 0.4) is 0 Å². The average Bonchev–Trinajstić information content (AvgIpc) is 2.71. The van der Waals surface area contributed by atoms with Crippen LogP contribution in [0.1, 0.15) is 39.2 Å². The number of carbonyl (C=O) groups is 1. The van der Waals surface area contributed by atoms with E-state index >= 15 is 0 Å². The van der Waals surface area contributed by atoms with Crippen LogP contribution in [0.2, 0.25) is 0 Å². The van der Waals surface area contributed by atoms with E-state index in [1.54, 1.807) is 24.3 Å². The van der Waals surface area contributed by atoms with Crippen LogP contribution in [0.4, 0.5) is 5.69 Å². The molecule has 0 aromatic heterocycles. The van der Waals surface area contributed by atoms with E-state index in [1.807, 2.05) is 39.0 Å². The Morgan fingerprint density at radius 1 is 1.07 bits per heavy atom. The molecule has 0 aliphatic heterocycles. The van der Waals surface area contributed by atoms with Crippen LogP contribution in [-0.4, -0.2) is 39.3 Å². The highest BCUT2D eigenvalue weighted by molar-refractivity contribution is 7.92. The van der Waals surface area contributed by atoms with Gasteiger partial charge in [-0.3, -0.25) is 9.10 Å². The van der Waals surface area contributed by atoms with E-state index < -0.39 is 16.1 Å². The van der Waals surface area contributed by atoms with Gasteiger partial charge in [0.2, 0.25) is 15.9 Å². The summed E-state index contributed by atoms with van der Waals surface area (Å²) in [4.78, 5) is 13.0. The van der Waals surface area contributed by atoms with Crippen molar-refractivity contribution in [2.75, 3.05) is 17.2 Å². The fourth-order valence-electron chi connectivity index (χ4n) is 3.36. The fourth-order valence-corrected chi connectivity index (χ4v) is 4.57. The number of carbonyl (C=O) groups excluding carboxylic acids is 1. The zero-order valence-electron chi connectivity index (χ0n) is 18.2. The third kappa shape index (κ3) is 6.76. The molecule has 30 heavy (non-hydrogen) atoms. The van der Waals surface area contributed by atoms with Crippen LogP contribution in [0, 0.1) is 0 Å². The van der Waals surface area contributed by atoms with Crippen LogP contribution < -0.4 is 14.4 Å². The second-order valence-electron chi connectivity index (χ2n) is 7.34. The third-order valence-corrected chi connectivity index (χ3v) is 6.01. The average molecular weight is 433 g/mol. The summed E-state index contributed by atoms with van der Waals surface area (Å²) in [6.07, 6.45) is 3.09. The van der Waals surface area contributed by atoms with E-state index in [0.29, 0.717) is 24.5 Å². The zero-order valence-corrected chi connectivity index (χ0v) is 19.0. The van der Waals surface area contributed by atoms with Crippen LogP contribution in [0.15, 0.2) is 54.6 Å². The van der Waals surface area contributed by atoms with Gasteiger partial charge in [0.05, 0.1) is 18.6 Å². The third-order valence-electron chi connectivity index (χ3n) is 4.83. The number of amides is 1. The predicted molar refractivity (Wildman–Crippen MR) is 121 cm³/mol. The summed E-state index contributed by atoms with van der Waals surface area (Å²) in [6.45, 7) is 6.16. The molecular weight excluding hydrogens is 400 g/mol. The minimum absolute atomic E-state index is 0.0755. The molecule has 0 aliphatic carbocycles. The second-order valence-corrected chi connectivity index (χ2v) is 9.20. The monoisotopic (exact) mass is 432 g/mol. The van der Waals surface area contributed by atoms with Crippen LogP contribution in [0.25, 0.3) is 0 Å². The Hall–Kier alpha value is -2.54. The fraction of sp³-hybridized carbons (Fsp3) is 0.435. The van der Waals surface area contributed by atoms with Crippen molar-refractivity contribution in [2.45, 2.75) is 52.1 Å². The van der Waals surface area contributed by atoms with Crippen molar-refractivity contribution in [3.63, 3.8) is 0 Å². The summed E-state index contributed by atoms with van der Waals surface area (Å²) < 4.78 is 31.7. The molecule has 2 aromatic rings. The number of hydrogen-bond acceptors (Lipinski definition) is 4. The summed E-state index contributed by atoms with van der Waals surface area (Å²) >= 11 is 0. The normalized spacial score (nSPS) is 13.3.